The Balaban J connectivity index is 1.97. The highest BCUT2D eigenvalue weighted by Crippen LogP contribution is 2.23. The van der Waals surface area contributed by atoms with Gasteiger partial charge in [0.2, 0.25) is 5.91 Å². The predicted octanol–water partition coefficient (Wildman–Crippen LogP) is 2.24. The van der Waals surface area contributed by atoms with Gasteiger partial charge in [-0.3, -0.25) is 9.59 Å². The molecule has 0 radical (unpaired) electrons. The summed E-state index contributed by atoms with van der Waals surface area (Å²) in [7, 11) is 0. The SMILES string of the molecule is CC(=O)Nc1ccccc1OCC(=O)Nc1ccccc1N. The predicted molar refractivity (Wildman–Crippen MR) is 85.7 cm³/mol. The Morgan fingerprint density at radius 1 is 1.00 bits per heavy atom. The van der Waals surface area contributed by atoms with Crippen LogP contribution in [0.25, 0.3) is 0 Å². The van der Waals surface area contributed by atoms with E-state index in [-0.39, 0.29) is 18.4 Å². The Hall–Kier alpha value is -3.02. The van der Waals surface area contributed by atoms with E-state index in [2.05, 4.69) is 10.6 Å². The zero-order chi connectivity index (χ0) is 15.9. The monoisotopic (exact) mass is 299 g/mol. The standard InChI is InChI=1S/C16H17N3O3/c1-11(20)18-14-8-4-5-9-15(14)22-10-16(21)19-13-7-3-2-6-12(13)17/h2-9H,10,17H2,1H3,(H,18,20)(H,19,21). The molecule has 0 aromatic heterocycles. The number of hydrogen-bond acceptors (Lipinski definition) is 4. The first-order chi connectivity index (χ1) is 10.6. The van der Waals surface area contributed by atoms with E-state index in [1.165, 1.54) is 6.92 Å². The van der Waals surface area contributed by atoms with Gasteiger partial charge in [-0.15, -0.1) is 0 Å². The number of anilines is 3. The maximum absolute atomic E-state index is 11.9. The maximum atomic E-state index is 11.9. The smallest absolute Gasteiger partial charge is 0.262 e. The minimum absolute atomic E-state index is 0.190. The summed E-state index contributed by atoms with van der Waals surface area (Å²) in [5.41, 5.74) is 7.28. The highest BCUT2D eigenvalue weighted by atomic mass is 16.5. The Kier molecular flexibility index (Phi) is 4.98. The van der Waals surface area contributed by atoms with Crippen LogP contribution in [0.1, 0.15) is 6.92 Å². The molecule has 0 aliphatic rings. The van der Waals surface area contributed by atoms with Gasteiger partial charge < -0.3 is 21.1 Å². The molecule has 4 N–H and O–H groups in total. The van der Waals surface area contributed by atoms with E-state index in [9.17, 15) is 9.59 Å². The summed E-state index contributed by atoms with van der Waals surface area (Å²) < 4.78 is 5.44. The fraction of sp³-hybridized carbons (Fsp3) is 0.125. The van der Waals surface area contributed by atoms with Crippen molar-refractivity contribution >= 4 is 28.9 Å². The second-order valence-electron chi connectivity index (χ2n) is 4.60. The Bertz CT molecular complexity index is 686. The molecule has 0 saturated carbocycles. The van der Waals surface area contributed by atoms with E-state index in [4.69, 9.17) is 10.5 Å². The molecule has 0 spiro atoms. The number of nitrogens with one attached hydrogen (secondary N) is 2. The number of rotatable bonds is 5. The third-order valence-electron chi connectivity index (χ3n) is 2.79. The molecule has 2 aromatic rings. The van der Waals surface area contributed by atoms with E-state index < -0.39 is 0 Å². The van der Waals surface area contributed by atoms with Crippen LogP contribution in [-0.4, -0.2) is 18.4 Å². The summed E-state index contributed by atoms with van der Waals surface area (Å²) in [6.07, 6.45) is 0. The van der Waals surface area contributed by atoms with E-state index >= 15 is 0 Å². The zero-order valence-corrected chi connectivity index (χ0v) is 12.1. The van der Waals surface area contributed by atoms with Gasteiger partial charge in [-0.1, -0.05) is 24.3 Å². The van der Waals surface area contributed by atoms with E-state index in [0.717, 1.165) is 0 Å². The van der Waals surface area contributed by atoms with Crippen LogP contribution >= 0.6 is 0 Å². The Labute approximate surface area is 128 Å². The summed E-state index contributed by atoms with van der Waals surface area (Å²) in [4.78, 5) is 23.0. The molecular formula is C16H17N3O3. The highest BCUT2D eigenvalue weighted by molar-refractivity contribution is 5.95. The number of nitrogen functional groups attached to an aromatic ring is 1. The molecule has 6 heteroatoms. The first-order valence-electron chi connectivity index (χ1n) is 6.70. The highest BCUT2D eigenvalue weighted by Gasteiger charge is 2.09. The van der Waals surface area contributed by atoms with Crippen molar-refractivity contribution in [1.29, 1.82) is 0 Å². The van der Waals surface area contributed by atoms with Gasteiger partial charge >= 0.3 is 0 Å². The van der Waals surface area contributed by atoms with Crippen molar-refractivity contribution < 1.29 is 14.3 Å². The van der Waals surface area contributed by atoms with Gasteiger partial charge in [0.1, 0.15) is 5.75 Å². The van der Waals surface area contributed by atoms with Crippen molar-refractivity contribution in [1.82, 2.24) is 0 Å². The number of carbonyl (C=O) groups excluding carboxylic acids is 2. The lowest BCUT2D eigenvalue weighted by atomic mass is 10.2. The second kappa shape index (κ2) is 7.12. The van der Waals surface area contributed by atoms with Crippen LogP contribution in [-0.2, 0) is 9.59 Å². The van der Waals surface area contributed by atoms with Gasteiger partial charge in [0.05, 0.1) is 17.1 Å². The van der Waals surface area contributed by atoms with Crippen LogP contribution in [0, 0.1) is 0 Å². The second-order valence-corrected chi connectivity index (χ2v) is 4.60. The van der Waals surface area contributed by atoms with Crippen molar-refractivity contribution in [3.05, 3.63) is 48.5 Å². The Morgan fingerprint density at radius 3 is 2.32 bits per heavy atom. The molecule has 2 amide bonds. The first kappa shape index (κ1) is 15.4. The average molecular weight is 299 g/mol. The van der Waals surface area contributed by atoms with E-state index in [0.29, 0.717) is 22.8 Å². The molecule has 0 heterocycles. The van der Waals surface area contributed by atoms with E-state index in [1.807, 2.05) is 0 Å². The third-order valence-corrected chi connectivity index (χ3v) is 2.79. The van der Waals surface area contributed by atoms with Crippen molar-refractivity contribution in [3.63, 3.8) is 0 Å². The molecule has 0 fully saturated rings. The molecule has 22 heavy (non-hydrogen) atoms. The van der Waals surface area contributed by atoms with Gasteiger partial charge in [-0.25, -0.2) is 0 Å². The molecule has 6 nitrogen and oxygen atoms in total. The Morgan fingerprint density at radius 2 is 1.64 bits per heavy atom. The summed E-state index contributed by atoms with van der Waals surface area (Å²) in [6.45, 7) is 1.21. The zero-order valence-electron chi connectivity index (χ0n) is 12.1. The van der Waals surface area contributed by atoms with Gasteiger partial charge in [0, 0.05) is 6.92 Å². The number of amides is 2. The van der Waals surface area contributed by atoms with Crippen LogP contribution in [0.5, 0.6) is 5.75 Å². The number of ether oxygens (including phenoxy) is 1. The molecule has 0 bridgehead atoms. The van der Waals surface area contributed by atoms with E-state index in [1.54, 1.807) is 48.5 Å². The largest absolute Gasteiger partial charge is 0.482 e. The van der Waals surface area contributed by atoms with Gasteiger partial charge in [0.25, 0.3) is 5.91 Å². The van der Waals surface area contributed by atoms with Crippen molar-refractivity contribution in [3.8, 4) is 5.75 Å². The van der Waals surface area contributed by atoms with Gasteiger partial charge in [-0.2, -0.15) is 0 Å². The first-order valence-corrected chi connectivity index (χ1v) is 6.70. The molecule has 114 valence electrons. The third kappa shape index (κ3) is 4.24. The number of carbonyl (C=O) groups is 2. The molecular weight excluding hydrogens is 282 g/mol. The molecule has 0 unspecified atom stereocenters. The summed E-state index contributed by atoms with van der Waals surface area (Å²) >= 11 is 0. The quantitative estimate of drug-likeness (QED) is 0.738. The summed E-state index contributed by atoms with van der Waals surface area (Å²) in [5.74, 6) is -0.123. The number of benzene rings is 2. The molecule has 2 aromatic carbocycles. The minimum Gasteiger partial charge on any atom is -0.482 e. The molecule has 0 aliphatic heterocycles. The average Bonchev–Trinajstić information content (AvgIpc) is 2.48. The van der Waals surface area contributed by atoms with Crippen LogP contribution in [0.3, 0.4) is 0 Å². The van der Waals surface area contributed by atoms with Gasteiger partial charge in [-0.05, 0) is 24.3 Å². The van der Waals surface area contributed by atoms with Crippen LogP contribution in [0.15, 0.2) is 48.5 Å². The molecule has 0 atom stereocenters. The fourth-order valence-electron chi connectivity index (χ4n) is 1.83. The maximum Gasteiger partial charge on any atom is 0.262 e. The normalized spacial score (nSPS) is 9.86. The number of nitrogens with two attached hydrogens (primary N) is 1. The molecule has 0 saturated heterocycles. The molecule has 2 rings (SSSR count). The summed E-state index contributed by atoms with van der Waals surface area (Å²) in [5, 5.41) is 5.30. The fourth-order valence-corrected chi connectivity index (χ4v) is 1.83. The van der Waals surface area contributed by atoms with Crippen molar-refractivity contribution in [2.45, 2.75) is 6.92 Å². The van der Waals surface area contributed by atoms with Crippen LogP contribution in [0.4, 0.5) is 17.1 Å². The lowest BCUT2D eigenvalue weighted by Gasteiger charge is -2.12. The topological polar surface area (TPSA) is 93.4 Å². The van der Waals surface area contributed by atoms with Crippen molar-refractivity contribution in [2.24, 2.45) is 0 Å². The van der Waals surface area contributed by atoms with Crippen molar-refractivity contribution in [2.75, 3.05) is 23.0 Å². The van der Waals surface area contributed by atoms with Crippen LogP contribution < -0.4 is 21.1 Å². The summed E-state index contributed by atoms with van der Waals surface area (Å²) in [6, 6.07) is 13.9. The molecule has 0 aliphatic carbocycles. The number of para-hydroxylation sites is 4. The minimum atomic E-state index is -0.337. The van der Waals surface area contributed by atoms with Gasteiger partial charge in [0.15, 0.2) is 6.61 Å². The number of hydrogen-bond donors (Lipinski definition) is 3. The van der Waals surface area contributed by atoms with Crippen LogP contribution in [0.2, 0.25) is 0 Å². The lowest BCUT2D eigenvalue weighted by Crippen LogP contribution is -2.21. The lowest BCUT2D eigenvalue weighted by molar-refractivity contribution is -0.118.